The highest BCUT2D eigenvalue weighted by atomic mass is 16.7. The maximum absolute atomic E-state index is 12.5. The molecule has 7 heteroatoms. The molecule has 0 amide bonds. The van der Waals surface area contributed by atoms with Gasteiger partial charge in [0.15, 0.2) is 23.3 Å². The van der Waals surface area contributed by atoms with E-state index in [1.165, 1.54) is 0 Å². The molecule has 32 heavy (non-hydrogen) atoms. The first-order valence-electron chi connectivity index (χ1n) is 11.9. The van der Waals surface area contributed by atoms with Gasteiger partial charge in [0.1, 0.15) is 0 Å². The second-order valence-electron chi connectivity index (χ2n) is 8.71. The summed E-state index contributed by atoms with van der Waals surface area (Å²) in [5, 5.41) is 10.2. The zero-order valence-electron chi connectivity index (χ0n) is 19.5. The van der Waals surface area contributed by atoms with Gasteiger partial charge in [-0.1, -0.05) is 46.1 Å². The van der Waals surface area contributed by atoms with Gasteiger partial charge in [-0.3, -0.25) is 4.79 Å². The van der Waals surface area contributed by atoms with Crippen molar-refractivity contribution in [3.8, 4) is 11.5 Å². The zero-order chi connectivity index (χ0) is 23.1. The molecule has 2 heterocycles. The van der Waals surface area contributed by atoms with Gasteiger partial charge in [-0.2, -0.15) is 0 Å². The van der Waals surface area contributed by atoms with Crippen LogP contribution >= 0.6 is 0 Å². The highest BCUT2D eigenvalue weighted by molar-refractivity contribution is 5.73. The number of likely N-dealkylation sites (tertiary alicyclic amines) is 1. The monoisotopic (exact) mass is 444 g/mol. The van der Waals surface area contributed by atoms with Gasteiger partial charge in [0, 0.05) is 31.6 Å². The number of ether oxygens (including phenoxy) is 2. The quantitative estimate of drug-likeness (QED) is 0.483. The number of carbonyl (C=O) groups is 1. The van der Waals surface area contributed by atoms with E-state index < -0.39 is 11.9 Å². The number of aliphatic carboxylic acids is 1. The first-order valence-corrected chi connectivity index (χ1v) is 11.9. The van der Waals surface area contributed by atoms with E-state index in [1.54, 1.807) is 0 Å². The minimum Gasteiger partial charge on any atom is -0.481 e. The van der Waals surface area contributed by atoms with Crippen molar-refractivity contribution in [1.82, 2.24) is 9.80 Å². The molecule has 0 bridgehead atoms. The maximum atomic E-state index is 12.5. The third-order valence-electron chi connectivity index (χ3n) is 6.56. The Hall–Kier alpha value is -2.66. The summed E-state index contributed by atoms with van der Waals surface area (Å²) >= 11 is 0. The van der Waals surface area contributed by atoms with Crippen LogP contribution in [0.5, 0.6) is 11.5 Å². The lowest BCUT2D eigenvalue weighted by Gasteiger charge is -2.35. The van der Waals surface area contributed by atoms with Crippen molar-refractivity contribution in [3.63, 3.8) is 0 Å². The van der Waals surface area contributed by atoms with E-state index in [-0.39, 0.29) is 18.8 Å². The Bertz CT molecular complexity index is 828. The van der Waals surface area contributed by atoms with Gasteiger partial charge in [0.25, 0.3) is 0 Å². The van der Waals surface area contributed by atoms with Crippen LogP contribution in [-0.2, 0) is 9.59 Å². The van der Waals surface area contributed by atoms with Gasteiger partial charge in [-0.15, -0.1) is 0 Å². The van der Waals surface area contributed by atoms with Crippen LogP contribution in [0.25, 0.3) is 0 Å². The summed E-state index contributed by atoms with van der Waals surface area (Å²) in [6.07, 6.45) is 5.58. The third kappa shape index (κ3) is 5.04. The number of nitrogens with zero attached hydrogens (tertiary/aromatic N) is 2. The summed E-state index contributed by atoms with van der Waals surface area (Å²) in [7, 11) is 0. The molecule has 0 spiro atoms. The minimum absolute atomic E-state index is 0.179. The van der Waals surface area contributed by atoms with Crippen molar-refractivity contribution < 1.29 is 24.2 Å². The van der Waals surface area contributed by atoms with Crippen LogP contribution in [-0.4, -0.2) is 59.3 Å². The van der Waals surface area contributed by atoms with Crippen molar-refractivity contribution in [1.29, 1.82) is 0 Å². The van der Waals surface area contributed by atoms with E-state index in [1.807, 2.05) is 23.1 Å². The lowest BCUT2D eigenvalue weighted by molar-refractivity contribution is -0.143. The van der Waals surface area contributed by atoms with Crippen LogP contribution in [0.3, 0.4) is 0 Å². The zero-order valence-corrected chi connectivity index (χ0v) is 19.5. The van der Waals surface area contributed by atoms with E-state index in [9.17, 15) is 14.7 Å². The number of hydrogen-bond acceptors (Lipinski definition) is 6. The fourth-order valence-corrected chi connectivity index (χ4v) is 4.92. The molecule has 1 saturated heterocycles. The van der Waals surface area contributed by atoms with E-state index in [4.69, 9.17) is 9.47 Å². The summed E-state index contributed by atoms with van der Waals surface area (Å²) in [5.74, 6) is 2.36. The largest absolute Gasteiger partial charge is 0.481 e. The molecular formula is C25H36N2O5. The smallest absolute Gasteiger partial charge is 0.309 e. The fourth-order valence-electron chi connectivity index (χ4n) is 4.92. The van der Waals surface area contributed by atoms with Crippen molar-refractivity contribution >= 4 is 11.9 Å². The molecule has 0 aliphatic carbocycles. The number of fused-ring (bicyclic) bond motifs is 1. The Morgan fingerprint density at radius 2 is 1.81 bits per heavy atom. The number of hydrogen-bond donors (Lipinski definition) is 1. The van der Waals surface area contributed by atoms with E-state index in [0.29, 0.717) is 30.3 Å². The highest BCUT2D eigenvalue weighted by Crippen LogP contribution is 2.44. The maximum Gasteiger partial charge on any atom is 0.309 e. The second-order valence-corrected chi connectivity index (χ2v) is 8.71. The lowest BCUT2D eigenvalue weighted by Crippen LogP contribution is -2.42. The topological polar surface area (TPSA) is 79.3 Å². The van der Waals surface area contributed by atoms with E-state index >= 15 is 0 Å². The first kappa shape index (κ1) is 24.0. The highest BCUT2D eigenvalue weighted by Gasteiger charge is 2.48. The first-order chi connectivity index (χ1) is 15.5. The Balaban J connectivity index is 1.96. The summed E-state index contributed by atoms with van der Waals surface area (Å²) in [4.78, 5) is 28.9. The third-order valence-corrected chi connectivity index (χ3v) is 6.56. The average molecular weight is 445 g/mol. The van der Waals surface area contributed by atoms with Gasteiger partial charge in [-0.25, -0.2) is 4.79 Å². The molecule has 0 saturated carbocycles. The molecule has 2 aliphatic rings. The van der Waals surface area contributed by atoms with Crippen molar-refractivity contribution in [3.05, 3.63) is 29.6 Å². The molecule has 0 aromatic heterocycles. The van der Waals surface area contributed by atoms with Gasteiger partial charge >= 0.3 is 5.97 Å². The molecule has 0 radical (unpaired) electrons. The second kappa shape index (κ2) is 11.3. The Kier molecular flexibility index (Phi) is 8.46. The number of unbranched alkanes of at least 4 members (excludes halogenated alkanes) is 2. The van der Waals surface area contributed by atoms with Crippen molar-refractivity contribution in [2.24, 2.45) is 5.92 Å². The molecular weight excluding hydrogens is 408 g/mol. The Morgan fingerprint density at radius 1 is 1.12 bits per heavy atom. The Labute approximate surface area is 191 Å². The van der Waals surface area contributed by atoms with Crippen LogP contribution in [0.15, 0.2) is 24.0 Å². The summed E-state index contributed by atoms with van der Waals surface area (Å²) in [5.41, 5.74) is 0.907. The summed E-state index contributed by atoms with van der Waals surface area (Å²) < 4.78 is 11.0. The lowest BCUT2D eigenvalue weighted by atomic mass is 9.84. The Morgan fingerprint density at radius 3 is 2.41 bits per heavy atom. The van der Waals surface area contributed by atoms with Crippen molar-refractivity contribution in [2.45, 2.75) is 71.3 Å². The summed E-state index contributed by atoms with van der Waals surface area (Å²) in [6, 6.07) is 5.41. The molecule has 1 N–H and O–H groups in total. The molecule has 0 unspecified atom stereocenters. The van der Waals surface area contributed by atoms with Gasteiger partial charge in [-0.05, 0) is 37.0 Å². The number of benzene rings is 1. The normalized spacial score (nSPS) is 21.5. The number of rotatable bonds is 12. The van der Waals surface area contributed by atoms with Crippen LogP contribution in [0.2, 0.25) is 0 Å². The van der Waals surface area contributed by atoms with Crippen LogP contribution < -0.4 is 9.47 Å². The van der Waals surface area contributed by atoms with Gasteiger partial charge in [0.2, 0.25) is 6.79 Å². The molecule has 2 aliphatic heterocycles. The molecule has 1 aromatic carbocycles. The fraction of sp³-hybridized carbons (Fsp3) is 0.640. The number of carboxylic acids is 1. The predicted molar refractivity (Wildman–Crippen MR) is 122 cm³/mol. The van der Waals surface area contributed by atoms with Gasteiger partial charge < -0.3 is 24.4 Å². The molecule has 3 rings (SSSR count). The molecule has 176 valence electrons. The number of carbonyl (C=O) groups excluding carboxylic acids is 1. The summed E-state index contributed by atoms with van der Waals surface area (Å²) in [6.45, 7) is 8.54. The van der Waals surface area contributed by atoms with Gasteiger partial charge in [0.05, 0.1) is 5.92 Å². The number of carboxylic acid groups (broad SMARTS) is 1. The van der Waals surface area contributed by atoms with E-state index in [2.05, 4.69) is 31.6 Å². The SMILES string of the molecule is CCCCN(CCCC)C(=C=O)N1C[C@H](c2ccc3c(c2)OCO3)[C@H](C(=O)O)[C@H]1CCC. The minimum atomic E-state index is -0.826. The standard InChI is InChI=1S/C25H36N2O5/c1-4-7-12-26(13-8-5-2)23(16-28)27-15-19(24(25(29)30)20(27)9-6-3)18-10-11-21-22(14-18)32-17-31-21/h10-11,14,19-20,24H,4-9,12-13,15,17H2,1-3H3,(H,29,30)/t19-,20-,24+/m1/s1. The van der Waals surface area contributed by atoms with Crippen LogP contribution in [0.1, 0.15) is 70.8 Å². The van der Waals surface area contributed by atoms with Crippen LogP contribution in [0, 0.1) is 5.92 Å². The molecule has 3 atom stereocenters. The van der Waals surface area contributed by atoms with Crippen molar-refractivity contribution in [2.75, 3.05) is 26.4 Å². The molecule has 1 aromatic rings. The van der Waals surface area contributed by atoms with Crippen LogP contribution in [0.4, 0.5) is 0 Å². The molecule has 1 fully saturated rings. The predicted octanol–water partition coefficient (Wildman–Crippen LogP) is 4.26. The molecule has 7 nitrogen and oxygen atoms in total. The van der Waals surface area contributed by atoms with E-state index in [0.717, 1.165) is 50.8 Å². The average Bonchev–Trinajstić information content (AvgIpc) is 3.40.